The minimum absolute atomic E-state index is 0.129. The summed E-state index contributed by atoms with van der Waals surface area (Å²) in [4.78, 5) is 25.2. The second-order valence-corrected chi connectivity index (χ2v) is 6.42. The van der Waals surface area contributed by atoms with Gasteiger partial charge in [0.15, 0.2) is 0 Å². The maximum atomic E-state index is 12.7. The Balaban J connectivity index is 1.71. The zero-order valence-electron chi connectivity index (χ0n) is 15.6. The van der Waals surface area contributed by atoms with Gasteiger partial charge in [-0.15, -0.1) is 0 Å². The summed E-state index contributed by atoms with van der Waals surface area (Å²) in [5.41, 5.74) is 1.73. The molecule has 142 valence electrons. The van der Waals surface area contributed by atoms with Crippen molar-refractivity contribution in [2.45, 2.75) is 12.8 Å². The van der Waals surface area contributed by atoms with Crippen LogP contribution >= 0.6 is 0 Å². The van der Waals surface area contributed by atoms with Gasteiger partial charge in [0.2, 0.25) is 0 Å². The van der Waals surface area contributed by atoms with E-state index in [4.69, 9.17) is 4.42 Å². The maximum Gasteiger partial charge on any atom is 0.267 e. The molecule has 1 aromatic heterocycles. The van der Waals surface area contributed by atoms with Crippen LogP contribution in [-0.2, 0) is 4.79 Å². The highest BCUT2D eigenvalue weighted by Crippen LogP contribution is 2.14. The molecular formula is C23H22N2O3. The van der Waals surface area contributed by atoms with Gasteiger partial charge in [0.05, 0.1) is 6.26 Å². The van der Waals surface area contributed by atoms with Gasteiger partial charge < -0.3 is 15.1 Å². The average Bonchev–Trinajstić information content (AvgIpc) is 3.25. The lowest BCUT2D eigenvalue weighted by Gasteiger charge is -2.15. The first-order chi connectivity index (χ1) is 13.6. The van der Waals surface area contributed by atoms with Crippen LogP contribution in [0.1, 0.15) is 34.5 Å². The van der Waals surface area contributed by atoms with E-state index in [2.05, 4.69) is 10.6 Å². The van der Waals surface area contributed by atoms with Gasteiger partial charge in [-0.05, 0) is 35.7 Å². The van der Waals surface area contributed by atoms with Crippen molar-refractivity contribution in [2.24, 2.45) is 0 Å². The zero-order valence-corrected chi connectivity index (χ0v) is 15.6. The van der Waals surface area contributed by atoms with Crippen LogP contribution in [0.3, 0.4) is 0 Å². The maximum absolute atomic E-state index is 12.7. The summed E-state index contributed by atoms with van der Waals surface area (Å²) in [5, 5.41) is 5.57. The Morgan fingerprint density at radius 1 is 0.964 bits per heavy atom. The third-order valence-electron chi connectivity index (χ3n) is 4.30. The standard InChI is InChI=1S/C23H22N2O3/c1-17(18-9-4-2-5-10-18)16-24-23(27)21(15-20-13-8-14-28-20)25-22(26)19-11-6-3-7-12-19/h2-15,17H,16H2,1H3,(H,24,27)(H,25,26)/b21-15-/t17-/m0/s1. The molecule has 1 atom stereocenters. The molecule has 2 aromatic carbocycles. The Hall–Kier alpha value is -3.60. The van der Waals surface area contributed by atoms with Gasteiger partial charge in [-0.1, -0.05) is 55.5 Å². The summed E-state index contributed by atoms with van der Waals surface area (Å²) in [7, 11) is 0. The van der Waals surface area contributed by atoms with E-state index in [1.165, 1.54) is 12.3 Å². The van der Waals surface area contributed by atoms with Crippen LogP contribution in [0.4, 0.5) is 0 Å². The fourth-order valence-corrected chi connectivity index (χ4v) is 2.70. The molecule has 0 unspecified atom stereocenters. The number of furan rings is 1. The number of hydrogen-bond donors (Lipinski definition) is 2. The number of carbonyl (C=O) groups is 2. The minimum atomic E-state index is -0.372. The van der Waals surface area contributed by atoms with Crippen molar-refractivity contribution in [1.82, 2.24) is 10.6 Å². The minimum Gasteiger partial charge on any atom is -0.465 e. The number of hydrogen-bond acceptors (Lipinski definition) is 3. The fourth-order valence-electron chi connectivity index (χ4n) is 2.70. The highest BCUT2D eigenvalue weighted by atomic mass is 16.3. The van der Waals surface area contributed by atoms with Crippen LogP contribution in [-0.4, -0.2) is 18.4 Å². The second-order valence-electron chi connectivity index (χ2n) is 6.42. The van der Waals surface area contributed by atoms with E-state index < -0.39 is 0 Å². The van der Waals surface area contributed by atoms with Crippen molar-refractivity contribution < 1.29 is 14.0 Å². The zero-order chi connectivity index (χ0) is 19.8. The first-order valence-electron chi connectivity index (χ1n) is 9.08. The number of nitrogens with one attached hydrogen (secondary N) is 2. The first-order valence-corrected chi connectivity index (χ1v) is 9.08. The van der Waals surface area contributed by atoms with E-state index in [-0.39, 0.29) is 23.4 Å². The van der Waals surface area contributed by atoms with Crippen molar-refractivity contribution in [1.29, 1.82) is 0 Å². The molecule has 0 bridgehead atoms. The SMILES string of the molecule is C[C@@H](CNC(=O)/C(=C/c1ccco1)NC(=O)c1ccccc1)c1ccccc1. The molecule has 0 radical (unpaired) electrons. The predicted molar refractivity (Wildman–Crippen MR) is 108 cm³/mol. The highest BCUT2D eigenvalue weighted by molar-refractivity contribution is 6.05. The van der Waals surface area contributed by atoms with Gasteiger partial charge in [0, 0.05) is 18.2 Å². The summed E-state index contributed by atoms with van der Waals surface area (Å²) >= 11 is 0. The largest absolute Gasteiger partial charge is 0.465 e. The molecule has 0 saturated carbocycles. The van der Waals surface area contributed by atoms with E-state index in [1.807, 2.05) is 43.3 Å². The summed E-state index contributed by atoms with van der Waals surface area (Å²) < 4.78 is 5.29. The Morgan fingerprint density at radius 2 is 1.64 bits per heavy atom. The summed E-state index contributed by atoms with van der Waals surface area (Å²) in [6.07, 6.45) is 3.03. The molecule has 2 amide bonds. The van der Waals surface area contributed by atoms with Gasteiger partial charge >= 0.3 is 0 Å². The van der Waals surface area contributed by atoms with E-state index >= 15 is 0 Å². The quantitative estimate of drug-likeness (QED) is 0.615. The lowest BCUT2D eigenvalue weighted by atomic mass is 10.0. The molecule has 0 fully saturated rings. The van der Waals surface area contributed by atoms with E-state index in [9.17, 15) is 9.59 Å². The molecule has 0 aliphatic rings. The number of benzene rings is 2. The smallest absolute Gasteiger partial charge is 0.267 e. The van der Waals surface area contributed by atoms with E-state index in [0.717, 1.165) is 5.56 Å². The third kappa shape index (κ3) is 5.20. The lowest BCUT2D eigenvalue weighted by molar-refractivity contribution is -0.117. The second kappa shape index (κ2) is 9.37. The Labute approximate surface area is 164 Å². The molecule has 1 heterocycles. The van der Waals surface area contributed by atoms with Crippen LogP contribution < -0.4 is 10.6 Å². The average molecular weight is 374 g/mol. The molecule has 3 aromatic rings. The highest BCUT2D eigenvalue weighted by Gasteiger charge is 2.16. The first kappa shape index (κ1) is 19.2. The van der Waals surface area contributed by atoms with Gasteiger partial charge in [-0.2, -0.15) is 0 Å². The van der Waals surface area contributed by atoms with Crippen LogP contribution in [0.25, 0.3) is 6.08 Å². The van der Waals surface area contributed by atoms with Gasteiger partial charge in [-0.25, -0.2) is 0 Å². The molecule has 28 heavy (non-hydrogen) atoms. The Kier molecular flexibility index (Phi) is 6.41. The molecule has 5 heteroatoms. The van der Waals surface area contributed by atoms with Gasteiger partial charge in [0.1, 0.15) is 11.5 Å². The van der Waals surface area contributed by atoms with Crippen molar-refractivity contribution in [3.8, 4) is 0 Å². The molecule has 0 saturated heterocycles. The number of carbonyl (C=O) groups excluding carboxylic acids is 2. The summed E-state index contributed by atoms with van der Waals surface area (Å²) in [5.74, 6) is -0.109. The van der Waals surface area contributed by atoms with Crippen LogP contribution in [0.5, 0.6) is 0 Å². The van der Waals surface area contributed by atoms with Crippen molar-refractivity contribution in [2.75, 3.05) is 6.54 Å². The summed E-state index contributed by atoms with van der Waals surface area (Å²) in [6.45, 7) is 2.48. The fraction of sp³-hybridized carbons (Fsp3) is 0.130. The van der Waals surface area contributed by atoms with Crippen LogP contribution in [0, 0.1) is 0 Å². The normalized spacial score (nSPS) is 12.2. The van der Waals surface area contributed by atoms with Crippen LogP contribution in [0.15, 0.2) is 89.2 Å². The number of amides is 2. The molecular weight excluding hydrogens is 352 g/mol. The Bertz CT molecular complexity index is 933. The van der Waals surface area contributed by atoms with Crippen molar-refractivity contribution >= 4 is 17.9 Å². The molecule has 5 nitrogen and oxygen atoms in total. The summed E-state index contributed by atoms with van der Waals surface area (Å²) in [6, 6.07) is 22.1. The third-order valence-corrected chi connectivity index (χ3v) is 4.30. The van der Waals surface area contributed by atoms with Gasteiger partial charge in [-0.3, -0.25) is 9.59 Å². The monoisotopic (exact) mass is 374 g/mol. The van der Waals surface area contributed by atoms with Crippen LogP contribution in [0.2, 0.25) is 0 Å². The molecule has 0 aliphatic heterocycles. The Morgan fingerprint density at radius 3 is 2.29 bits per heavy atom. The van der Waals surface area contributed by atoms with Gasteiger partial charge in [0.25, 0.3) is 11.8 Å². The van der Waals surface area contributed by atoms with Crippen molar-refractivity contribution in [3.63, 3.8) is 0 Å². The van der Waals surface area contributed by atoms with Crippen molar-refractivity contribution in [3.05, 3.63) is 102 Å². The molecule has 3 rings (SSSR count). The number of rotatable bonds is 7. The molecule has 2 N–H and O–H groups in total. The van der Waals surface area contributed by atoms with E-state index in [1.54, 1.807) is 36.4 Å². The predicted octanol–water partition coefficient (Wildman–Crippen LogP) is 3.97. The lowest BCUT2D eigenvalue weighted by Crippen LogP contribution is -2.36. The van der Waals surface area contributed by atoms with E-state index in [0.29, 0.717) is 17.9 Å². The molecule has 0 aliphatic carbocycles. The topological polar surface area (TPSA) is 71.3 Å². The molecule has 0 spiro atoms.